The van der Waals surface area contributed by atoms with Crippen molar-refractivity contribution in [1.82, 2.24) is 4.98 Å². The molecule has 15 heavy (non-hydrogen) atoms. The number of pyridine rings is 1. The Labute approximate surface area is 87.0 Å². The Balaban J connectivity index is 2.49. The van der Waals surface area contributed by atoms with Gasteiger partial charge in [-0.25, -0.2) is 0 Å². The molecule has 1 N–H and O–H groups in total. The van der Waals surface area contributed by atoms with Crippen molar-refractivity contribution in [2.24, 2.45) is 0 Å². The van der Waals surface area contributed by atoms with Gasteiger partial charge in [0.25, 0.3) is 0 Å². The van der Waals surface area contributed by atoms with Crippen molar-refractivity contribution < 1.29 is 9.90 Å². The van der Waals surface area contributed by atoms with Crippen molar-refractivity contribution in [2.45, 2.75) is 0 Å². The lowest BCUT2D eigenvalue weighted by Gasteiger charge is -2.01. The fourth-order valence-electron chi connectivity index (χ4n) is 1.38. The molecule has 1 aromatic heterocycles. The number of aldehydes is 1. The third-order valence-corrected chi connectivity index (χ3v) is 2.08. The van der Waals surface area contributed by atoms with E-state index in [1.54, 1.807) is 30.5 Å². The molecule has 0 spiro atoms. The van der Waals surface area contributed by atoms with Crippen LogP contribution in [0.3, 0.4) is 0 Å². The van der Waals surface area contributed by atoms with Crippen LogP contribution in [0.5, 0.6) is 5.75 Å². The van der Waals surface area contributed by atoms with Crippen molar-refractivity contribution in [3.8, 4) is 16.9 Å². The van der Waals surface area contributed by atoms with E-state index in [2.05, 4.69) is 4.98 Å². The summed E-state index contributed by atoms with van der Waals surface area (Å²) in [6.07, 6.45) is 3.80. The zero-order valence-electron chi connectivity index (χ0n) is 7.92. The van der Waals surface area contributed by atoms with Crippen molar-refractivity contribution in [3.63, 3.8) is 0 Å². The van der Waals surface area contributed by atoms with E-state index in [9.17, 15) is 9.90 Å². The number of carbonyl (C=O) groups excluding carboxylic acids is 1. The first-order valence-electron chi connectivity index (χ1n) is 4.49. The molecule has 0 atom stereocenters. The lowest BCUT2D eigenvalue weighted by Crippen LogP contribution is -1.83. The van der Waals surface area contributed by atoms with E-state index in [4.69, 9.17) is 0 Å². The highest BCUT2D eigenvalue weighted by molar-refractivity contribution is 5.78. The van der Waals surface area contributed by atoms with Crippen LogP contribution in [-0.2, 0) is 0 Å². The van der Waals surface area contributed by atoms with Gasteiger partial charge in [0.2, 0.25) is 0 Å². The van der Waals surface area contributed by atoms with Crippen molar-refractivity contribution in [1.29, 1.82) is 0 Å². The number of rotatable bonds is 2. The van der Waals surface area contributed by atoms with Crippen LogP contribution in [-0.4, -0.2) is 16.4 Å². The molecule has 3 heteroatoms. The number of carbonyl (C=O) groups is 1. The van der Waals surface area contributed by atoms with E-state index in [0.29, 0.717) is 5.56 Å². The van der Waals surface area contributed by atoms with Gasteiger partial charge in [0.15, 0.2) is 0 Å². The Morgan fingerprint density at radius 1 is 1.13 bits per heavy atom. The molecule has 0 bridgehead atoms. The summed E-state index contributed by atoms with van der Waals surface area (Å²) in [7, 11) is 0. The highest BCUT2D eigenvalue weighted by Crippen LogP contribution is 2.22. The highest BCUT2D eigenvalue weighted by Gasteiger charge is 2.00. The number of benzene rings is 1. The molecule has 0 unspecified atom stereocenters. The van der Waals surface area contributed by atoms with Gasteiger partial charge in [-0.1, -0.05) is 18.2 Å². The standard InChI is InChI=1S/C12H9NO2/c14-8-9-2-1-3-10(4-9)11-5-12(15)7-13-6-11/h1-8,15H. The second-order valence-corrected chi connectivity index (χ2v) is 3.18. The largest absolute Gasteiger partial charge is 0.506 e. The van der Waals surface area contributed by atoms with E-state index in [1.807, 2.05) is 6.07 Å². The van der Waals surface area contributed by atoms with Crippen LogP contribution in [0.25, 0.3) is 11.1 Å². The molecule has 1 aromatic carbocycles. The van der Waals surface area contributed by atoms with Crippen LogP contribution in [0.1, 0.15) is 10.4 Å². The molecule has 0 aliphatic heterocycles. The minimum Gasteiger partial charge on any atom is -0.506 e. The number of aromatic hydroxyl groups is 1. The molecule has 0 fully saturated rings. The quantitative estimate of drug-likeness (QED) is 0.755. The first-order chi connectivity index (χ1) is 7.29. The minimum atomic E-state index is 0.115. The smallest absolute Gasteiger partial charge is 0.150 e. The Morgan fingerprint density at radius 2 is 2.00 bits per heavy atom. The summed E-state index contributed by atoms with van der Waals surface area (Å²) in [5, 5.41) is 9.27. The molecule has 1 heterocycles. The lowest BCUT2D eigenvalue weighted by molar-refractivity contribution is 0.112. The van der Waals surface area contributed by atoms with Gasteiger partial charge in [0.1, 0.15) is 12.0 Å². The highest BCUT2D eigenvalue weighted by atomic mass is 16.3. The van der Waals surface area contributed by atoms with E-state index in [-0.39, 0.29) is 5.75 Å². The van der Waals surface area contributed by atoms with Crippen LogP contribution in [0.2, 0.25) is 0 Å². The molecule has 2 rings (SSSR count). The Kier molecular flexibility index (Phi) is 2.46. The van der Waals surface area contributed by atoms with E-state index in [1.165, 1.54) is 6.20 Å². The summed E-state index contributed by atoms with van der Waals surface area (Å²) in [6.45, 7) is 0. The summed E-state index contributed by atoms with van der Waals surface area (Å²) < 4.78 is 0. The van der Waals surface area contributed by atoms with Crippen LogP contribution in [0.15, 0.2) is 42.7 Å². The normalized spacial score (nSPS) is 9.87. The molecule has 2 aromatic rings. The fraction of sp³-hybridized carbons (Fsp3) is 0. The molecular formula is C12H9NO2. The van der Waals surface area contributed by atoms with Gasteiger partial charge < -0.3 is 5.11 Å². The van der Waals surface area contributed by atoms with Crippen molar-refractivity contribution >= 4 is 6.29 Å². The van der Waals surface area contributed by atoms with Gasteiger partial charge >= 0.3 is 0 Å². The number of hydrogen-bond acceptors (Lipinski definition) is 3. The zero-order chi connectivity index (χ0) is 10.7. The topological polar surface area (TPSA) is 50.2 Å². The van der Waals surface area contributed by atoms with Crippen molar-refractivity contribution in [3.05, 3.63) is 48.3 Å². The maximum atomic E-state index is 10.6. The number of aromatic nitrogens is 1. The monoisotopic (exact) mass is 199 g/mol. The fourth-order valence-corrected chi connectivity index (χ4v) is 1.38. The summed E-state index contributed by atoms with van der Waals surface area (Å²) >= 11 is 0. The minimum absolute atomic E-state index is 0.115. The molecule has 0 aliphatic rings. The summed E-state index contributed by atoms with van der Waals surface area (Å²) in [5.74, 6) is 0.115. The third kappa shape index (κ3) is 2.02. The van der Waals surface area contributed by atoms with E-state index < -0.39 is 0 Å². The first-order valence-corrected chi connectivity index (χ1v) is 4.49. The van der Waals surface area contributed by atoms with Gasteiger partial charge in [-0.05, 0) is 17.7 Å². The van der Waals surface area contributed by atoms with Crippen LogP contribution >= 0.6 is 0 Å². The average molecular weight is 199 g/mol. The van der Waals surface area contributed by atoms with Gasteiger partial charge in [0.05, 0.1) is 6.20 Å². The van der Waals surface area contributed by atoms with Gasteiger partial charge in [0, 0.05) is 17.3 Å². The predicted octanol–water partition coefficient (Wildman–Crippen LogP) is 2.27. The van der Waals surface area contributed by atoms with Crippen molar-refractivity contribution in [2.75, 3.05) is 0 Å². The third-order valence-electron chi connectivity index (χ3n) is 2.08. The number of nitrogens with zero attached hydrogens (tertiary/aromatic N) is 1. The van der Waals surface area contributed by atoms with Crippen LogP contribution < -0.4 is 0 Å². The molecule has 0 aliphatic carbocycles. The van der Waals surface area contributed by atoms with Crippen LogP contribution in [0, 0.1) is 0 Å². The SMILES string of the molecule is O=Cc1cccc(-c2cncc(O)c2)c1. The average Bonchev–Trinajstić information content (AvgIpc) is 2.29. The zero-order valence-corrected chi connectivity index (χ0v) is 7.92. The number of hydrogen-bond donors (Lipinski definition) is 1. The van der Waals surface area contributed by atoms with Gasteiger partial charge in [-0.15, -0.1) is 0 Å². The van der Waals surface area contributed by atoms with Gasteiger partial charge in [-0.2, -0.15) is 0 Å². The maximum Gasteiger partial charge on any atom is 0.150 e. The predicted molar refractivity (Wildman–Crippen MR) is 56.7 cm³/mol. The second-order valence-electron chi connectivity index (χ2n) is 3.18. The summed E-state index contributed by atoms with van der Waals surface area (Å²) in [4.78, 5) is 14.5. The first kappa shape index (κ1) is 9.40. The Morgan fingerprint density at radius 3 is 2.73 bits per heavy atom. The molecule has 0 saturated carbocycles. The molecular weight excluding hydrogens is 190 g/mol. The lowest BCUT2D eigenvalue weighted by atomic mass is 10.1. The molecule has 0 amide bonds. The van der Waals surface area contributed by atoms with E-state index in [0.717, 1.165) is 17.4 Å². The Hall–Kier alpha value is -2.16. The summed E-state index contributed by atoms with van der Waals surface area (Å²) in [6, 6.07) is 8.75. The molecule has 3 nitrogen and oxygen atoms in total. The summed E-state index contributed by atoms with van der Waals surface area (Å²) in [5.41, 5.74) is 2.26. The van der Waals surface area contributed by atoms with E-state index >= 15 is 0 Å². The molecule has 0 saturated heterocycles. The molecule has 74 valence electrons. The van der Waals surface area contributed by atoms with Gasteiger partial charge in [-0.3, -0.25) is 9.78 Å². The Bertz CT molecular complexity index is 494. The second kappa shape index (κ2) is 3.92. The van der Waals surface area contributed by atoms with Crippen LogP contribution in [0.4, 0.5) is 0 Å². The molecule has 0 radical (unpaired) electrons. The maximum absolute atomic E-state index is 10.6.